The van der Waals surface area contributed by atoms with E-state index in [2.05, 4.69) is 63.3 Å². The van der Waals surface area contributed by atoms with E-state index < -0.39 is 71.0 Å². The van der Waals surface area contributed by atoms with E-state index in [-0.39, 0.29) is 102 Å². The molecule has 0 aliphatic heterocycles. The van der Waals surface area contributed by atoms with Crippen molar-refractivity contribution in [1.82, 2.24) is 62.7 Å². The summed E-state index contributed by atoms with van der Waals surface area (Å²) in [5, 5.41) is 31.1. The van der Waals surface area contributed by atoms with E-state index >= 15 is 0 Å². The van der Waals surface area contributed by atoms with Crippen LogP contribution in [0.1, 0.15) is 103 Å². The minimum Gasteiger partial charge on any atom is -0.364 e. The molecule has 33 nitrogen and oxygen atoms in total. The van der Waals surface area contributed by atoms with Gasteiger partial charge in [0.05, 0.1) is 40.2 Å². The number of aryl methyl sites for hydroxylation is 8. The maximum atomic E-state index is 13.4. The van der Waals surface area contributed by atoms with E-state index in [4.69, 9.17) is 11.5 Å². The summed E-state index contributed by atoms with van der Waals surface area (Å²) in [6.45, 7) is -0.0296. The van der Waals surface area contributed by atoms with Crippen molar-refractivity contribution in [2.45, 2.75) is 25.3 Å². The van der Waals surface area contributed by atoms with E-state index in [9.17, 15) is 52.7 Å². The molecule has 89 heavy (non-hydrogen) atoms. The van der Waals surface area contributed by atoms with Crippen molar-refractivity contribution in [1.29, 1.82) is 0 Å². The average molecular weight is 1220 g/mol. The van der Waals surface area contributed by atoms with Gasteiger partial charge in [-0.2, -0.15) is 5.10 Å². The van der Waals surface area contributed by atoms with E-state index in [0.29, 0.717) is 22.7 Å². The van der Waals surface area contributed by atoms with Crippen molar-refractivity contribution in [2.24, 2.45) is 67.8 Å². The summed E-state index contributed by atoms with van der Waals surface area (Å²) in [7, 11) is 12.8. The van der Waals surface area contributed by atoms with Crippen molar-refractivity contribution in [3.63, 3.8) is 0 Å². The lowest BCUT2D eigenvalue weighted by Gasteiger charge is -2.12. The Labute approximate surface area is 506 Å². The summed E-state index contributed by atoms with van der Waals surface area (Å²) < 4.78 is 11.8. The second-order valence-corrected chi connectivity index (χ2v) is 20.7. The zero-order valence-electron chi connectivity index (χ0n) is 49.6. The SMILES string of the molecule is Cn1cc(NC(=O)CCNC(=O)c2cc(NC(=O)c3cc(NC(=O)c4cc(NC(=O)[C@H](N)CCNC(=O)c5cc(NC(=O)c6cc(NC(=O)CCNC(=O)c7cc(NC(=O)c8nccn8C)cn7C)cn6C)cn5C)cn4C)nn3C)cn2C)cc1C(N)=O. The number of carbonyl (C=O) groups is 11. The molecule has 8 heterocycles. The molecule has 8 rings (SSSR count). The highest BCUT2D eigenvalue weighted by molar-refractivity contribution is 6.09. The molecule has 14 N–H and O–H groups in total. The quantitative estimate of drug-likeness (QED) is 0.0378. The highest BCUT2D eigenvalue weighted by Crippen LogP contribution is 2.22. The minimum atomic E-state index is -1.09. The molecule has 0 aliphatic rings. The summed E-state index contributed by atoms with van der Waals surface area (Å²) in [5.74, 6) is -5.57. The van der Waals surface area contributed by atoms with E-state index in [0.717, 1.165) is 0 Å². The third-order valence-corrected chi connectivity index (χ3v) is 13.8. The molecule has 0 saturated heterocycles. The number of amides is 11. The molecule has 8 aromatic heterocycles. The summed E-state index contributed by atoms with van der Waals surface area (Å²) in [4.78, 5) is 146. The van der Waals surface area contributed by atoms with Gasteiger partial charge in [-0.1, -0.05) is 0 Å². The minimum absolute atomic E-state index is 0.00778. The summed E-state index contributed by atoms with van der Waals surface area (Å²) >= 11 is 0. The van der Waals surface area contributed by atoms with Crippen LogP contribution in [0.4, 0.5) is 39.9 Å². The van der Waals surface area contributed by atoms with Gasteiger partial charge in [0.1, 0.15) is 39.9 Å². The molecular formula is C56H66N22O11. The number of nitrogens with zero attached hydrogens (tertiary/aromatic N) is 10. The number of nitrogens with one attached hydrogen (secondary N) is 10. The van der Waals surface area contributed by atoms with Gasteiger partial charge >= 0.3 is 0 Å². The maximum Gasteiger partial charge on any atom is 0.291 e. The normalized spacial score (nSPS) is 11.3. The summed E-state index contributed by atoms with van der Waals surface area (Å²) in [6, 6.07) is 8.99. The van der Waals surface area contributed by atoms with Crippen molar-refractivity contribution in [2.75, 3.05) is 56.9 Å². The van der Waals surface area contributed by atoms with Crippen LogP contribution < -0.4 is 64.6 Å². The molecule has 0 aromatic carbocycles. The number of nitrogens with two attached hydrogens (primary N) is 2. The third-order valence-electron chi connectivity index (χ3n) is 13.8. The first-order chi connectivity index (χ1) is 42.2. The third kappa shape index (κ3) is 15.6. The number of hydrogen-bond donors (Lipinski definition) is 12. The fraction of sp³-hybridized carbons (Fsp3) is 0.268. The number of rotatable bonds is 25. The van der Waals surface area contributed by atoms with Crippen LogP contribution in [0.3, 0.4) is 0 Å². The van der Waals surface area contributed by atoms with Gasteiger partial charge < -0.3 is 96.6 Å². The molecular weight excluding hydrogens is 1160 g/mol. The van der Waals surface area contributed by atoms with Gasteiger partial charge in [0, 0.05) is 144 Å². The zero-order chi connectivity index (χ0) is 64.5. The number of anilines is 7. The number of primary amides is 1. The number of hydrogen-bond acceptors (Lipinski definition) is 14. The molecule has 0 unspecified atom stereocenters. The molecule has 0 fully saturated rings. The Morgan fingerprint density at radius 2 is 0.775 bits per heavy atom. The van der Waals surface area contributed by atoms with Gasteiger partial charge in [-0.25, -0.2) is 4.98 Å². The van der Waals surface area contributed by atoms with Crippen molar-refractivity contribution < 1.29 is 52.7 Å². The van der Waals surface area contributed by atoms with Gasteiger partial charge in [0.25, 0.3) is 47.3 Å². The van der Waals surface area contributed by atoms with Crippen molar-refractivity contribution >= 4 is 105 Å². The molecule has 33 heteroatoms. The fourth-order valence-electron chi connectivity index (χ4n) is 9.26. The number of aromatic nitrogens is 10. The molecule has 0 aliphatic carbocycles. The van der Waals surface area contributed by atoms with Gasteiger partial charge in [0.2, 0.25) is 17.7 Å². The van der Waals surface area contributed by atoms with Crippen LogP contribution in [-0.4, -0.2) is 137 Å². The monoisotopic (exact) mass is 1220 g/mol. The van der Waals surface area contributed by atoms with E-state index in [1.54, 1.807) is 72.5 Å². The van der Waals surface area contributed by atoms with Crippen molar-refractivity contribution in [3.05, 3.63) is 138 Å². The largest absolute Gasteiger partial charge is 0.364 e. The Morgan fingerprint density at radius 1 is 0.416 bits per heavy atom. The van der Waals surface area contributed by atoms with Gasteiger partial charge in [-0.3, -0.25) is 57.4 Å². The Morgan fingerprint density at radius 3 is 1.19 bits per heavy atom. The molecule has 0 spiro atoms. The maximum absolute atomic E-state index is 13.4. The molecule has 0 bridgehead atoms. The fourth-order valence-corrected chi connectivity index (χ4v) is 9.26. The lowest BCUT2D eigenvalue weighted by Crippen LogP contribution is -2.39. The lowest BCUT2D eigenvalue weighted by molar-refractivity contribution is -0.118. The number of imidazole rings is 1. The lowest BCUT2D eigenvalue weighted by atomic mass is 10.2. The first kappa shape index (κ1) is 63.3. The van der Waals surface area contributed by atoms with Crippen LogP contribution >= 0.6 is 0 Å². The van der Waals surface area contributed by atoms with Gasteiger partial charge in [-0.15, -0.1) is 0 Å². The van der Waals surface area contributed by atoms with Crippen LogP contribution in [0.25, 0.3) is 0 Å². The van der Waals surface area contributed by atoms with E-state index in [1.807, 2.05) is 0 Å². The molecule has 11 amide bonds. The predicted molar refractivity (Wildman–Crippen MR) is 324 cm³/mol. The molecule has 0 saturated carbocycles. The average Bonchev–Trinajstić information content (AvgIpc) is 2.48. The smallest absolute Gasteiger partial charge is 0.291 e. The predicted octanol–water partition coefficient (Wildman–Crippen LogP) is 0.896. The zero-order valence-corrected chi connectivity index (χ0v) is 49.6. The standard InChI is InChI=1S/C56H66N22O11/c1-71-16-15-59-48(71)56(89)68-35-21-40(75(5)29-35)52(85)62-14-11-46(80)64-31-18-41(76(6)25-31)53(86)66-33-19-38(73(3)27-33)50(83)60-12-9-36(57)49(82)65-32-22-42(77(7)26-32)54(87)69-44-23-43(78(8)70-44)55(88)67-34-20-39(74(4)28-34)51(84)61-13-10-45(79)63-30-17-37(47(58)81)72(2)24-30/h15-29,36H,9-14,57H2,1-8H3,(H2,58,81)(H,60,83)(H,61,84)(H,62,85)(H,63,79)(H,64,80)(H,65,82)(H,66,86)(H,67,88)(H,68,89)(H,69,70,87)/t36-/m1/s1. The molecule has 8 aromatic rings. The Hall–Kier alpha value is -11.8. The molecule has 0 radical (unpaired) electrons. The van der Waals surface area contributed by atoms with Crippen LogP contribution in [-0.2, 0) is 70.8 Å². The van der Waals surface area contributed by atoms with Crippen LogP contribution in [0.15, 0.2) is 92.0 Å². The van der Waals surface area contributed by atoms with Gasteiger partial charge in [0.15, 0.2) is 11.6 Å². The summed E-state index contributed by atoms with van der Waals surface area (Å²) in [5.41, 5.74) is 14.6. The van der Waals surface area contributed by atoms with Crippen molar-refractivity contribution in [3.8, 4) is 0 Å². The summed E-state index contributed by atoms with van der Waals surface area (Å²) in [6.07, 6.45) is 12.2. The highest BCUT2D eigenvalue weighted by atomic mass is 16.2. The second kappa shape index (κ2) is 27.1. The number of carbonyl (C=O) groups excluding carboxylic acids is 11. The highest BCUT2D eigenvalue weighted by Gasteiger charge is 2.24. The topological polar surface area (TPSA) is 425 Å². The Kier molecular flexibility index (Phi) is 19.2. The second-order valence-electron chi connectivity index (χ2n) is 20.7. The van der Waals surface area contributed by atoms with Crippen LogP contribution in [0.2, 0.25) is 0 Å². The first-order valence-corrected chi connectivity index (χ1v) is 27.3. The molecule has 1 atom stereocenters. The van der Waals surface area contributed by atoms with Crippen LogP contribution in [0.5, 0.6) is 0 Å². The Bertz CT molecular complexity index is 4100. The Balaban J connectivity index is 0.735. The molecule has 466 valence electrons. The van der Waals surface area contributed by atoms with Gasteiger partial charge in [-0.05, 0) is 42.8 Å². The first-order valence-electron chi connectivity index (χ1n) is 27.3. The van der Waals surface area contributed by atoms with E-state index in [1.165, 1.54) is 113 Å². The van der Waals surface area contributed by atoms with Crippen LogP contribution in [0, 0.1) is 0 Å².